The molecule has 1 aromatic rings. The second-order valence-corrected chi connectivity index (χ2v) is 6.57. The number of nitrogens with one attached hydrogen (secondary N) is 1. The molecule has 1 atom stereocenters. The number of hydrogen-bond acceptors (Lipinski definition) is 3. The molecule has 0 amide bonds. The minimum atomic E-state index is 0.509. The van der Waals surface area contributed by atoms with Gasteiger partial charge in [-0.05, 0) is 41.8 Å². The minimum Gasteiger partial charge on any atom is -0.316 e. The summed E-state index contributed by atoms with van der Waals surface area (Å²) in [5.41, 5.74) is 2.10. The van der Waals surface area contributed by atoms with E-state index in [-0.39, 0.29) is 0 Å². The topological polar surface area (TPSA) is 15.3 Å². The lowest BCUT2D eigenvalue weighted by Gasteiger charge is -2.34. The summed E-state index contributed by atoms with van der Waals surface area (Å²) in [4.78, 5) is 4.24. The van der Waals surface area contributed by atoms with E-state index in [1.54, 1.807) is 10.4 Å². The maximum absolute atomic E-state index is 3.49. The fourth-order valence-electron chi connectivity index (χ4n) is 2.97. The first kappa shape index (κ1) is 10.8. The van der Waals surface area contributed by atoms with Crippen LogP contribution in [0.5, 0.6) is 0 Å². The molecule has 1 unspecified atom stereocenters. The van der Waals surface area contributed by atoms with Crippen LogP contribution in [0, 0.1) is 5.41 Å². The predicted octanol–water partition coefficient (Wildman–Crippen LogP) is 2.11. The summed E-state index contributed by atoms with van der Waals surface area (Å²) in [6.45, 7) is 8.52. The van der Waals surface area contributed by atoms with Gasteiger partial charge in [-0.25, -0.2) is 0 Å². The van der Waals surface area contributed by atoms with Gasteiger partial charge in [0.2, 0.25) is 0 Å². The highest BCUT2D eigenvalue weighted by Crippen LogP contribution is 2.30. The number of fused-ring (bicyclic) bond motifs is 1. The Hall–Kier alpha value is -0.380. The molecule has 3 heterocycles. The molecule has 0 saturated carbocycles. The Morgan fingerprint density at radius 2 is 2.50 bits per heavy atom. The molecule has 2 nitrogen and oxygen atoms in total. The van der Waals surface area contributed by atoms with Crippen molar-refractivity contribution in [2.75, 3.05) is 26.2 Å². The summed E-state index contributed by atoms with van der Waals surface area (Å²) in [6, 6.07) is 2.30. The zero-order valence-corrected chi connectivity index (χ0v) is 10.8. The van der Waals surface area contributed by atoms with Crippen molar-refractivity contribution in [3.05, 3.63) is 21.9 Å². The Morgan fingerprint density at radius 1 is 1.56 bits per heavy atom. The van der Waals surface area contributed by atoms with Gasteiger partial charge in [0.25, 0.3) is 0 Å². The maximum atomic E-state index is 3.49. The Morgan fingerprint density at radius 3 is 3.31 bits per heavy atom. The fraction of sp³-hybridized carbons (Fsp3) is 0.692. The Kier molecular flexibility index (Phi) is 2.78. The summed E-state index contributed by atoms with van der Waals surface area (Å²) < 4.78 is 0. The fourth-order valence-corrected chi connectivity index (χ4v) is 3.94. The summed E-state index contributed by atoms with van der Waals surface area (Å²) in [5.74, 6) is 0. The van der Waals surface area contributed by atoms with E-state index in [1.807, 2.05) is 11.3 Å². The van der Waals surface area contributed by atoms with Gasteiger partial charge < -0.3 is 5.32 Å². The normalized spacial score (nSPS) is 30.6. The molecule has 0 radical (unpaired) electrons. The van der Waals surface area contributed by atoms with E-state index in [9.17, 15) is 0 Å². The van der Waals surface area contributed by atoms with Crippen LogP contribution in [0.4, 0.5) is 0 Å². The second kappa shape index (κ2) is 4.13. The van der Waals surface area contributed by atoms with Crippen LogP contribution >= 0.6 is 11.3 Å². The van der Waals surface area contributed by atoms with E-state index in [0.29, 0.717) is 5.41 Å². The van der Waals surface area contributed by atoms with Crippen molar-refractivity contribution in [3.8, 4) is 0 Å². The van der Waals surface area contributed by atoms with Crippen LogP contribution < -0.4 is 5.32 Å². The largest absolute Gasteiger partial charge is 0.316 e. The average molecular weight is 236 g/mol. The van der Waals surface area contributed by atoms with Crippen LogP contribution in [-0.4, -0.2) is 31.1 Å². The molecule has 2 aliphatic rings. The molecule has 0 bridgehead atoms. The molecule has 1 saturated heterocycles. The lowest BCUT2D eigenvalue weighted by molar-refractivity contribution is 0.166. The quantitative estimate of drug-likeness (QED) is 0.846. The molecule has 3 heteroatoms. The van der Waals surface area contributed by atoms with Crippen molar-refractivity contribution in [3.63, 3.8) is 0 Å². The number of hydrogen-bond donors (Lipinski definition) is 1. The zero-order chi connectivity index (χ0) is 11.0. The SMILES string of the molecule is CC1(CN2CCc3ccsc3C2)CCNC1. The number of rotatable bonds is 2. The summed E-state index contributed by atoms with van der Waals surface area (Å²) in [5, 5.41) is 5.74. The van der Waals surface area contributed by atoms with E-state index in [4.69, 9.17) is 0 Å². The molecule has 1 fully saturated rings. The van der Waals surface area contributed by atoms with Crippen LogP contribution in [0.3, 0.4) is 0 Å². The second-order valence-electron chi connectivity index (χ2n) is 5.57. The van der Waals surface area contributed by atoms with E-state index in [1.165, 1.54) is 45.6 Å². The maximum Gasteiger partial charge on any atom is 0.0331 e. The van der Waals surface area contributed by atoms with Crippen molar-refractivity contribution in [2.45, 2.75) is 26.3 Å². The van der Waals surface area contributed by atoms with Crippen LogP contribution in [-0.2, 0) is 13.0 Å². The lowest BCUT2D eigenvalue weighted by atomic mass is 9.88. The summed E-state index contributed by atoms with van der Waals surface area (Å²) in [7, 11) is 0. The molecule has 3 rings (SSSR count). The number of nitrogens with zero attached hydrogens (tertiary/aromatic N) is 1. The third-order valence-electron chi connectivity index (χ3n) is 3.96. The van der Waals surface area contributed by atoms with Gasteiger partial charge in [0.15, 0.2) is 0 Å². The van der Waals surface area contributed by atoms with E-state index in [2.05, 4.69) is 28.6 Å². The van der Waals surface area contributed by atoms with Gasteiger partial charge in [0, 0.05) is 31.1 Å². The third-order valence-corrected chi connectivity index (χ3v) is 4.91. The first-order valence-corrected chi connectivity index (χ1v) is 7.12. The van der Waals surface area contributed by atoms with Crippen LogP contribution in [0.15, 0.2) is 11.4 Å². The molecule has 1 N–H and O–H groups in total. The van der Waals surface area contributed by atoms with E-state index < -0.39 is 0 Å². The van der Waals surface area contributed by atoms with Gasteiger partial charge in [-0.3, -0.25) is 4.90 Å². The Balaban J connectivity index is 1.65. The van der Waals surface area contributed by atoms with E-state index >= 15 is 0 Å². The van der Waals surface area contributed by atoms with Crippen molar-refractivity contribution < 1.29 is 0 Å². The van der Waals surface area contributed by atoms with Crippen molar-refractivity contribution in [1.29, 1.82) is 0 Å². The highest BCUT2D eigenvalue weighted by molar-refractivity contribution is 7.10. The third kappa shape index (κ3) is 2.04. The molecule has 2 aliphatic heterocycles. The zero-order valence-electron chi connectivity index (χ0n) is 9.96. The highest BCUT2D eigenvalue weighted by Gasteiger charge is 2.31. The van der Waals surface area contributed by atoms with Gasteiger partial charge >= 0.3 is 0 Å². The monoisotopic (exact) mass is 236 g/mol. The van der Waals surface area contributed by atoms with Gasteiger partial charge in [-0.2, -0.15) is 0 Å². The molecule has 0 aromatic carbocycles. The average Bonchev–Trinajstić information content (AvgIpc) is 2.86. The van der Waals surface area contributed by atoms with Crippen LogP contribution in [0.2, 0.25) is 0 Å². The van der Waals surface area contributed by atoms with Gasteiger partial charge in [0.1, 0.15) is 0 Å². The van der Waals surface area contributed by atoms with Gasteiger partial charge in [-0.15, -0.1) is 11.3 Å². The highest BCUT2D eigenvalue weighted by atomic mass is 32.1. The van der Waals surface area contributed by atoms with E-state index in [0.717, 1.165) is 0 Å². The first-order valence-electron chi connectivity index (χ1n) is 6.24. The van der Waals surface area contributed by atoms with Crippen LogP contribution in [0.1, 0.15) is 23.8 Å². The smallest absolute Gasteiger partial charge is 0.0331 e. The van der Waals surface area contributed by atoms with Crippen molar-refractivity contribution in [2.24, 2.45) is 5.41 Å². The Labute approximate surface area is 102 Å². The minimum absolute atomic E-state index is 0.509. The standard InChI is InChI=1S/C13H20N2S/c1-13(4-5-14-9-13)10-15-6-2-11-3-7-16-12(11)8-15/h3,7,14H,2,4-6,8-10H2,1H3. The molecule has 1 aromatic heterocycles. The summed E-state index contributed by atoms with van der Waals surface area (Å²) in [6.07, 6.45) is 2.59. The first-order chi connectivity index (χ1) is 7.75. The van der Waals surface area contributed by atoms with Crippen molar-refractivity contribution >= 4 is 11.3 Å². The van der Waals surface area contributed by atoms with Gasteiger partial charge in [0.05, 0.1) is 0 Å². The van der Waals surface area contributed by atoms with Crippen LogP contribution in [0.25, 0.3) is 0 Å². The summed E-state index contributed by atoms with van der Waals surface area (Å²) >= 11 is 1.93. The molecule has 0 aliphatic carbocycles. The lowest BCUT2D eigenvalue weighted by Crippen LogP contribution is -2.39. The molecular weight excluding hydrogens is 216 g/mol. The number of thiophene rings is 1. The van der Waals surface area contributed by atoms with Gasteiger partial charge in [-0.1, -0.05) is 6.92 Å². The molecule has 88 valence electrons. The Bertz CT molecular complexity index is 366. The predicted molar refractivity (Wildman–Crippen MR) is 68.9 cm³/mol. The van der Waals surface area contributed by atoms with Crippen molar-refractivity contribution in [1.82, 2.24) is 10.2 Å². The molecule has 16 heavy (non-hydrogen) atoms. The molecular formula is C13H20N2S. The molecule has 0 spiro atoms.